The lowest BCUT2D eigenvalue weighted by molar-refractivity contribution is 0.0974. The van der Waals surface area contributed by atoms with Crippen LogP contribution in [0.25, 0.3) is 22.7 Å². The van der Waals surface area contributed by atoms with E-state index in [2.05, 4.69) is 44.0 Å². The van der Waals surface area contributed by atoms with Crippen LogP contribution in [0.5, 0.6) is 0 Å². The number of nitrogens with two attached hydrogens (primary N) is 1. The number of hydrogen-bond donors (Lipinski definition) is 2. The Balaban J connectivity index is 1.15. The van der Waals surface area contributed by atoms with E-state index in [0.717, 1.165) is 74.0 Å². The number of aromatic amines is 1. The molecule has 3 atom stereocenters. The van der Waals surface area contributed by atoms with Gasteiger partial charge in [0.05, 0.1) is 30.3 Å². The summed E-state index contributed by atoms with van der Waals surface area (Å²) in [5.41, 5.74) is 10.7. The zero-order valence-corrected chi connectivity index (χ0v) is 21.0. The number of rotatable bonds is 3. The molecule has 12 nitrogen and oxygen atoms in total. The lowest BCUT2D eigenvalue weighted by Crippen LogP contribution is -2.50. The van der Waals surface area contributed by atoms with Crippen LogP contribution in [-0.2, 0) is 4.74 Å². The van der Waals surface area contributed by atoms with Gasteiger partial charge in [-0.3, -0.25) is 5.10 Å². The Kier molecular flexibility index (Phi) is 5.15. The number of fused-ring (bicyclic) bond motifs is 2. The number of ether oxygens (including phenoxy) is 1. The summed E-state index contributed by atoms with van der Waals surface area (Å²) < 4.78 is 10.8. The van der Waals surface area contributed by atoms with E-state index in [0.29, 0.717) is 23.1 Å². The van der Waals surface area contributed by atoms with E-state index in [1.807, 2.05) is 18.3 Å². The predicted molar refractivity (Wildman–Crippen MR) is 137 cm³/mol. The molecule has 0 saturated carbocycles. The van der Waals surface area contributed by atoms with Crippen LogP contribution < -0.4 is 15.5 Å². The SMILES string of the molecule is C[C@@H]1OCC2(CCN(c3cnc4c(N5CC[C@H](C)c6nc(-c7ncon7)ccc65)n[nH]c4n3)CC2)[C@@H]1N. The van der Waals surface area contributed by atoms with E-state index in [9.17, 15) is 0 Å². The lowest BCUT2D eigenvalue weighted by atomic mass is 9.73. The van der Waals surface area contributed by atoms with Crippen molar-refractivity contribution in [1.82, 2.24) is 35.3 Å². The molecule has 192 valence electrons. The van der Waals surface area contributed by atoms with Gasteiger partial charge in [-0.05, 0) is 38.3 Å². The van der Waals surface area contributed by atoms with Crippen LogP contribution in [-0.4, -0.2) is 73.7 Å². The van der Waals surface area contributed by atoms with Gasteiger partial charge in [0, 0.05) is 37.0 Å². The zero-order valence-electron chi connectivity index (χ0n) is 21.0. The van der Waals surface area contributed by atoms with E-state index in [1.54, 1.807) is 0 Å². The second kappa shape index (κ2) is 8.45. The Morgan fingerprint density at radius 3 is 2.73 bits per heavy atom. The minimum absolute atomic E-state index is 0.0744. The van der Waals surface area contributed by atoms with Gasteiger partial charge < -0.3 is 24.8 Å². The molecule has 0 bridgehead atoms. The number of aromatic nitrogens is 7. The molecule has 3 aliphatic heterocycles. The predicted octanol–water partition coefficient (Wildman–Crippen LogP) is 2.78. The third kappa shape index (κ3) is 3.57. The maximum atomic E-state index is 6.49. The van der Waals surface area contributed by atoms with Crippen molar-refractivity contribution in [3.8, 4) is 11.5 Å². The summed E-state index contributed by atoms with van der Waals surface area (Å²) in [7, 11) is 0. The van der Waals surface area contributed by atoms with Crippen LogP contribution in [0.2, 0.25) is 0 Å². The van der Waals surface area contributed by atoms with Crippen LogP contribution >= 0.6 is 0 Å². The fraction of sp³-hybridized carbons (Fsp3) is 0.520. The normalized spacial score (nSPS) is 25.2. The first-order valence-corrected chi connectivity index (χ1v) is 12.9. The number of nitrogens with zero attached hydrogens (tertiary/aromatic N) is 8. The summed E-state index contributed by atoms with van der Waals surface area (Å²) in [5.74, 6) is 2.40. The molecule has 3 N–H and O–H groups in total. The fourth-order valence-corrected chi connectivity index (χ4v) is 6.04. The summed E-state index contributed by atoms with van der Waals surface area (Å²) in [5, 5.41) is 11.7. The Bertz CT molecular complexity index is 1430. The minimum atomic E-state index is 0.0744. The molecule has 0 aliphatic carbocycles. The quantitative estimate of drug-likeness (QED) is 0.426. The van der Waals surface area contributed by atoms with Crippen molar-refractivity contribution in [3.05, 3.63) is 30.4 Å². The highest BCUT2D eigenvalue weighted by Gasteiger charge is 2.47. The molecule has 37 heavy (non-hydrogen) atoms. The summed E-state index contributed by atoms with van der Waals surface area (Å²) in [6.07, 6.45) is 6.22. The van der Waals surface area contributed by atoms with Crippen LogP contribution in [0.1, 0.15) is 44.7 Å². The van der Waals surface area contributed by atoms with Gasteiger partial charge in [0.2, 0.25) is 12.2 Å². The van der Waals surface area contributed by atoms with Gasteiger partial charge in [-0.15, -0.1) is 0 Å². The molecule has 0 unspecified atom stereocenters. The molecule has 7 rings (SSSR count). The Labute approximate surface area is 213 Å². The van der Waals surface area contributed by atoms with Crippen molar-refractivity contribution in [2.75, 3.05) is 36.0 Å². The first kappa shape index (κ1) is 22.5. The molecular weight excluding hydrogens is 472 g/mol. The molecule has 12 heteroatoms. The van der Waals surface area contributed by atoms with E-state index in [1.165, 1.54) is 6.39 Å². The topological polar surface area (TPSA) is 148 Å². The Morgan fingerprint density at radius 2 is 1.97 bits per heavy atom. The van der Waals surface area contributed by atoms with Gasteiger partial charge >= 0.3 is 0 Å². The monoisotopic (exact) mass is 502 g/mol. The highest BCUT2D eigenvalue weighted by Crippen LogP contribution is 2.43. The van der Waals surface area contributed by atoms with Crippen LogP contribution in [0.15, 0.2) is 29.2 Å². The van der Waals surface area contributed by atoms with E-state index >= 15 is 0 Å². The molecule has 4 aromatic heterocycles. The minimum Gasteiger partial charge on any atom is -0.376 e. The standard InChI is InChI=1S/C25H30N10O2/c1-14-5-8-35(17-4-3-16(29-19(14)17)22-28-13-37-33-22)24-20-23(31-32-24)30-18(11-27-20)34-9-6-25(7-10-34)12-36-15(2)21(25)26/h3-4,11,13-15,21H,5-10,12,26H2,1-2H3,(H,30,31,32)/t14-,15-,21+/m0/s1. The van der Waals surface area contributed by atoms with Crippen LogP contribution in [0.4, 0.5) is 17.3 Å². The molecule has 1 spiro atoms. The van der Waals surface area contributed by atoms with E-state index in [4.69, 9.17) is 29.9 Å². The van der Waals surface area contributed by atoms with Crippen molar-refractivity contribution in [1.29, 1.82) is 0 Å². The molecule has 0 amide bonds. The number of hydrogen-bond acceptors (Lipinski definition) is 11. The molecule has 0 radical (unpaired) electrons. The highest BCUT2D eigenvalue weighted by molar-refractivity contribution is 5.88. The lowest BCUT2D eigenvalue weighted by Gasteiger charge is -2.41. The summed E-state index contributed by atoms with van der Waals surface area (Å²) in [4.78, 5) is 23.2. The molecular formula is C25H30N10O2. The third-order valence-corrected chi connectivity index (χ3v) is 8.46. The van der Waals surface area contributed by atoms with E-state index in [-0.39, 0.29) is 17.6 Å². The summed E-state index contributed by atoms with van der Waals surface area (Å²) >= 11 is 0. The van der Waals surface area contributed by atoms with Gasteiger partial charge in [-0.25, -0.2) is 15.0 Å². The Hall–Kier alpha value is -3.64. The number of H-pyrrole nitrogens is 1. The van der Waals surface area contributed by atoms with Crippen molar-refractivity contribution >= 4 is 28.5 Å². The molecule has 0 aromatic carbocycles. The molecule has 2 fully saturated rings. The largest absolute Gasteiger partial charge is 0.376 e. The van der Waals surface area contributed by atoms with Gasteiger partial charge in [0.15, 0.2) is 17.0 Å². The number of nitrogens with one attached hydrogen (secondary N) is 1. The first-order chi connectivity index (χ1) is 18.0. The van der Waals surface area contributed by atoms with Crippen molar-refractivity contribution in [2.45, 2.75) is 51.2 Å². The molecule has 7 heterocycles. The van der Waals surface area contributed by atoms with Gasteiger partial charge in [-0.2, -0.15) is 10.1 Å². The number of pyridine rings is 1. The summed E-state index contributed by atoms with van der Waals surface area (Å²) in [6.45, 7) is 7.60. The molecule has 3 aliphatic rings. The average molecular weight is 503 g/mol. The summed E-state index contributed by atoms with van der Waals surface area (Å²) in [6, 6.07) is 4.05. The molecule has 4 aromatic rings. The maximum absolute atomic E-state index is 6.49. The third-order valence-electron chi connectivity index (χ3n) is 8.46. The second-order valence-corrected chi connectivity index (χ2v) is 10.6. The van der Waals surface area contributed by atoms with Gasteiger partial charge in [-0.1, -0.05) is 12.1 Å². The van der Waals surface area contributed by atoms with Crippen molar-refractivity contribution < 1.29 is 9.26 Å². The van der Waals surface area contributed by atoms with Crippen LogP contribution in [0, 0.1) is 5.41 Å². The second-order valence-electron chi connectivity index (χ2n) is 10.6. The van der Waals surface area contributed by atoms with Gasteiger partial charge in [0.1, 0.15) is 11.5 Å². The fourth-order valence-electron chi connectivity index (χ4n) is 6.04. The smallest absolute Gasteiger partial charge is 0.220 e. The van der Waals surface area contributed by atoms with Crippen molar-refractivity contribution in [3.63, 3.8) is 0 Å². The van der Waals surface area contributed by atoms with Crippen LogP contribution in [0.3, 0.4) is 0 Å². The van der Waals surface area contributed by atoms with E-state index < -0.39 is 0 Å². The maximum Gasteiger partial charge on any atom is 0.220 e. The Morgan fingerprint density at radius 1 is 1.11 bits per heavy atom. The van der Waals surface area contributed by atoms with Crippen molar-refractivity contribution in [2.24, 2.45) is 11.1 Å². The number of piperidine rings is 1. The first-order valence-electron chi connectivity index (χ1n) is 12.9. The zero-order chi connectivity index (χ0) is 25.1. The van der Waals surface area contributed by atoms with Gasteiger partial charge in [0.25, 0.3) is 0 Å². The highest BCUT2D eigenvalue weighted by atomic mass is 16.5. The molecule has 2 saturated heterocycles. The average Bonchev–Trinajstić information content (AvgIpc) is 3.67. The number of anilines is 3.